The molecule has 1 aromatic rings. The van der Waals surface area contributed by atoms with E-state index in [0.29, 0.717) is 30.9 Å². The van der Waals surface area contributed by atoms with Crippen LogP contribution in [-0.4, -0.2) is 81.5 Å². The molecule has 3 amide bonds. The number of piperidine rings is 1. The van der Waals surface area contributed by atoms with Crippen LogP contribution in [0.5, 0.6) is 0 Å². The van der Waals surface area contributed by atoms with Crippen LogP contribution in [0, 0.1) is 17.2 Å². The number of carbonyl (C=O) groups excluding carboxylic acids is 3. The number of likely N-dealkylation sites (tertiary alicyclic amines) is 3. The van der Waals surface area contributed by atoms with Gasteiger partial charge in [-0.25, -0.2) is 4.79 Å². The summed E-state index contributed by atoms with van der Waals surface area (Å²) >= 11 is 0. The van der Waals surface area contributed by atoms with Crippen molar-refractivity contribution < 1.29 is 32.3 Å². The van der Waals surface area contributed by atoms with Gasteiger partial charge in [0.05, 0.1) is 23.7 Å². The molecule has 3 aliphatic heterocycles. The molecule has 0 spiro atoms. The maximum atomic E-state index is 13.7. The molecule has 4 fully saturated rings. The van der Waals surface area contributed by atoms with Gasteiger partial charge in [-0.05, 0) is 70.6 Å². The number of alkyl halides is 3. The van der Waals surface area contributed by atoms with Gasteiger partial charge in [0, 0.05) is 25.2 Å². The summed E-state index contributed by atoms with van der Waals surface area (Å²) in [6.45, 7) is 7.32. The van der Waals surface area contributed by atoms with Gasteiger partial charge in [0.25, 0.3) is 0 Å². The lowest BCUT2D eigenvalue weighted by Crippen LogP contribution is -2.59. The summed E-state index contributed by atoms with van der Waals surface area (Å²) in [5.41, 5.74) is -1.15. The van der Waals surface area contributed by atoms with Gasteiger partial charge in [0.15, 0.2) is 0 Å². The van der Waals surface area contributed by atoms with Crippen LogP contribution in [0.15, 0.2) is 24.3 Å². The molecule has 2 bridgehead atoms. The molecule has 5 rings (SSSR count). The summed E-state index contributed by atoms with van der Waals surface area (Å²) in [5.74, 6) is -0.291. The van der Waals surface area contributed by atoms with Crippen molar-refractivity contribution in [3.8, 4) is 6.07 Å². The van der Waals surface area contributed by atoms with E-state index in [2.05, 4.69) is 11.4 Å². The van der Waals surface area contributed by atoms with Gasteiger partial charge in [-0.3, -0.25) is 14.5 Å². The number of nitrogens with one attached hydrogen (secondary N) is 1. The van der Waals surface area contributed by atoms with Crippen LogP contribution in [0.4, 0.5) is 18.0 Å². The summed E-state index contributed by atoms with van der Waals surface area (Å²) in [7, 11) is 0. The number of carbonyl (C=O) groups is 3. The Labute approximate surface area is 231 Å². The number of hydrogen-bond donors (Lipinski definition) is 1. The number of ether oxygens (including phenoxy) is 1. The highest BCUT2D eigenvalue weighted by Crippen LogP contribution is 2.48. The first kappa shape index (κ1) is 28.2. The zero-order valence-electron chi connectivity index (χ0n) is 22.9. The number of nitriles is 1. The molecular weight excluding hydrogens is 527 g/mol. The van der Waals surface area contributed by atoms with Crippen LogP contribution in [0.2, 0.25) is 0 Å². The van der Waals surface area contributed by atoms with Gasteiger partial charge < -0.3 is 19.9 Å². The zero-order valence-corrected chi connectivity index (χ0v) is 22.9. The van der Waals surface area contributed by atoms with Crippen LogP contribution >= 0.6 is 0 Å². The van der Waals surface area contributed by atoms with E-state index in [9.17, 15) is 32.8 Å². The molecule has 1 aliphatic carbocycles. The van der Waals surface area contributed by atoms with Gasteiger partial charge in [-0.15, -0.1) is 0 Å². The lowest BCUT2D eigenvalue weighted by molar-refractivity contribution is -0.141. The molecule has 3 heterocycles. The number of halogens is 3. The second kappa shape index (κ2) is 9.94. The van der Waals surface area contributed by atoms with Crippen LogP contribution in [0.1, 0.15) is 64.1 Å². The average molecular weight is 562 g/mol. The van der Waals surface area contributed by atoms with Crippen molar-refractivity contribution in [2.75, 3.05) is 13.1 Å². The molecule has 0 radical (unpaired) electrons. The van der Waals surface area contributed by atoms with Crippen molar-refractivity contribution in [3.63, 3.8) is 0 Å². The average Bonchev–Trinajstić information content (AvgIpc) is 3.18. The molecular formula is C28H34F3N5O4. The lowest BCUT2D eigenvalue weighted by atomic mass is 10.0. The topological polar surface area (TPSA) is 106 Å². The third kappa shape index (κ3) is 5.36. The summed E-state index contributed by atoms with van der Waals surface area (Å²) in [6, 6.07) is 4.25. The fraction of sp³-hybridized carbons (Fsp3) is 0.643. The summed E-state index contributed by atoms with van der Waals surface area (Å²) in [6.07, 6.45) is -3.32. The zero-order chi connectivity index (χ0) is 29.1. The molecule has 216 valence electrons. The Morgan fingerprint density at radius 2 is 1.93 bits per heavy atom. The summed E-state index contributed by atoms with van der Waals surface area (Å²) in [4.78, 5) is 44.9. The largest absolute Gasteiger partial charge is 0.444 e. The molecule has 9 nitrogen and oxygen atoms in total. The number of nitrogens with zero attached hydrogens (tertiary/aromatic N) is 4. The van der Waals surface area contributed by atoms with E-state index < -0.39 is 47.6 Å². The van der Waals surface area contributed by atoms with E-state index in [0.717, 1.165) is 18.6 Å². The molecule has 12 heteroatoms. The van der Waals surface area contributed by atoms with Gasteiger partial charge in [0.2, 0.25) is 11.8 Å². The molecule has 0 aromatic heterocycles. The molecule has 40 heavy (non-hydrogen) atoms. The number of piperazine rings is 1. The number of amides is 3. The number of rotatable bonds is 6. The Kier molecular flexibility index (Phi) is 7.01. The minimum atomic E-state index is -4.48. The van der Waals surface area contributed by atoms with Crippen LogP contribution in [0.3, 0.4) is 0 Å². The van der Waals surface area contributed by atoms with Gasteiger partial charge in [-0.1, -0.05) is 12.1 Å². The highest BCUT2D eigenvalue weighted by atomic mass is 19.4. The quantitative estimate of drug-likeness (QED) is 0.571. The van der Waals surface area contributed by atoms with Crippen LogP contribution < -0.4 is 5.32 Å². The maximum absolute atomic E-state index is 13.7. The van der Waals surface area contributed by atoms with Crippen molar-refractivity contribution in [2.24, 2.45) is 5.92 Å². The number of hydrogen-bond acceptors (Lipinski definition) is 6. The first-order valence-corrected chi connectivity index (χ1v) is 13.6. The molecule has 3 saturated heterocycles. The van der Waals surface area contributed by atoms with E-state index in [1.165, 1.54) is 6.07 Å². The van der Waals surface area contributed by atoms with E-state index in [4.69, 9.17) is 4.74 Å². The normalized spacial score (nSPS) is 29.1. The Hall–Kier alpha value is -3.33. The molecule has 4 aliphatic rings. The molecule has 1 saturated carbocycles. The highest BCUT2D eigenvalue weighted by Gasteiger charge is 2.56. The third-order valence-electron chi connectivity index (χ3n) is 8.34. The monoisotopic (exact) mass is 561 g/mol. The van der Waals surface area contributed by atoms with E-state index in [1.807, 2.05) is 4.90 Å². The van der Waals surface area contributed by atoms with E-state index >= 15 is 0 Å². The number of benzene rings is 1. The van der Waals surface area contributed by atoms with Crippen molar-refractivity contribution in [1.29, 1.82) is 5.26 Å². The molecule has 1 N–H and O–H groups in total. The second-order valence-electron chi connectivity index (χ2n) is 12.3. The fourth-order valence-corrected chi connectivity index (χ4v) is 6.47. The van der Waals surface area contributed by atoms with Crippen molar-refractivity contribution in [2.45, 2.75) is 95.0 Å². The molecule has 7 atom stereocenters. The van der Waals surface area contributed by atoms with E-state index in [1.54, 1.807) is 43.6 Å². The second-order valence-corrected chi connectivity index (χ2v) is 12.3. The van der Waals surface area contributed by atoms with Crippen molar-refractivity contribution in [3.05, 3.63) is 35.4 Å². The summed E-state index contributed by atoms with van der Waals surface area (Å²) < 4.78 is 45.2. The van der Waals surface area contributed by atoms with Gasteiger partial charge >= 0.3 is 12.3 Å². The minimum absolute atomic E-state index is 0.0134. The Bertz CT molecular complexity index is 1240. The standard InChI is InChI=1S/C28H34F3N5O4/c1-15(16-6-5-7-18(8-16)28(29,30)31)35-20-11-23(25(35)38)34(13-20)14-21(33-26(39)40-27(2,3)4)24(37)36-19(12-32)9-17-10-22(17)36/h5-8,15,17,19-23H,9-11,13-14H2,1-4H3,(H,33,39)/t15-,17+,19-,20?,21-,22-,23-/m0/s1. The SMILES string of the molecule is C[C@@H](c1cccc(C(F)(F)F)c1)N1C(=O)[C@@H]2CC1CN2C[C@H](NC(=O)OC(C)(C)C)C(=O)N1[C@H](C#N)C[C@@H]2C[C@@H]21. The van der Waals surface area contributed by atoms with Gasteiger partial charge in [-0.2, -0.15) is 18.4 Å². The fourth-order valence-electron chi connectivity index (χ4n) is 6.47. The Morgan fingerprint density at radius 3 is 2.55 bits per heavy atom. The minimum Gasteiger partial charge on any atom is -0.444 e. The maximum Gasteiger partial charge on any atom is 0.416 e. The number of fused-ring (bicyclic) bond motifs is 3. The Balaban J connectivity index is 1.31. The van der Waals surface area contributed by atoms with Crippen LogP contribution in [0.25, 0.3) is 0 Å². The predicted octanol–water partition coefficient (Wildman–Crippen LogP) is 3.46. The first-order chi connectivity index (χ1) is 18.7. The van der Waals surface area contributed by atoms with Crippen LogP contribution in [-0.2, 0) is 20.5 Å². The Morgan fingerprint density at radius 1 is 1.20 bits per heavy atom. The van der Waals surface area contributed by atoms with E-state index in [-0.39, 0.29) is 30.4 Å². The van der Waals surface area contributed by atoms with Crippen molar-refractivity contribution >= 4 is 17.9 Å². The third-order valence-corrected chi connectivity index (χ3v) is 8.34. The molecule has 1 aromatic carbocycles. The highest BCUT2D eigenvalue weighted by molar-refractivity contribution is 5.89. The molecule has 1 unspecified atom stereocenters. The smallest absolute Gasteiger partial charge is 0.416 e. The van der Waals surface area contributed by atoms with Crippen molar-refractivity contribution in [1.82, 2.24) is 20.0 Å². The number of alkyl carbamates (subject to hydrolysis) is 1. The predicted molar refractivity (Wildman–Crippen MR) is 136 cm³/mol. The first-order valence-electron chi connectivity index (χ1n) is 13.6. The summed E-state index contributed by atoms with van der Waals surface area (Å²) in [5, 5.41) is 12.3. The lowest BCUT2D eigenvalue weighted by Gasteiger charge is -2.39. The van der Waals surface area contributed by atoms with Gasteiger partial charge in [0.1, 0.15) is 17.7 Å².